The molecule has 4 unspecified atom stereocenters. The van der Waals surface area contributed by atoms with Gasteiger partial charge in [0.25, 0.3) is 0 Å². The van der Waals surface area contributed by atoms with Gasteiger partial charge in [0, 0.05) is 19.5 Å². The molecule has 156 valence electrons. The van der Waals surface area contributed by atoms with Crippen molar-refractivity contribution in [3.8, 4) is 0 Å². The second kappa shape index (κ2) is 8.31. The smallest absolute Gasteiger partial charge is 0.248 e. The average Bonchev–Trinajstić information content (AvgIpc) is 3.31. The molecule has 0 bridgehead atoms. The molecular formula is C20H24FN3O4S. The highest BCUT2D eigenvalue weighted by atomic mass is 32.2. The van der Waals surface area contributed by atoms with Crippen molar-refractivity contribution in [2.24, 2.45) is 0 Å². The zero-order valence-corrected chi connectivity index (χ0v) is 17.0. The summed E-state index contributed by atoms with van der Waals surface area (Å²) in [6, 6.07) is 4.61. The maximum absolute atomic E-state index is 13.1. The van der Waals surface area contributed by atoms with E-state index in [1.54, 1.807) is 21.9 Å². The van der Waals surface area contributed by atoms with Crippen LogP contribution >= 0.6 is 11.8 Å². The number of nitrogens with one attached hydrogen (secondary N) is 1. The molecule has 3 aliphatic heterocycles. The maximum atomic E-state index is 13.1. The molecule has 3 fully saturated rings. The molecule has 1 aromatic rings. The predicted octanol–water partition coefficient (Wildman–Crippen LogP) is 0.774. The molecule has 1 aromatic carbocycles. The Morgan fingerprint density at radius 3 is 2.72 bits per heavy atom. The first-order chi connectivity index (χ1) is 14.0. The van der Waals surface area contributed by atoms with Gasteiger partial charge in [0.15, 0.2) is 0 Å². The molecule has 3 amide bonds. The Bertz CT molecular complexity index is 805. The molecule has 4 atom stereocenters. The van der Waals surface area contributed by atoms with Gasteiger partial charge >= 0.3 is 0 Å². The second-order valence-electron chi connectivity index (χ2n) is 7.67. The van der Waals surface area contributed by atoms with Gasteiger partial charge < -0.3 is 19.9 Å². The predicted molar refractivity (Wildman–Crippen MR) is 106 cm³/mol. The van der Waals surface area contributed by atoms with E-state index in [1.165, 1.54) is 23.9 Å². The molecule has 3 aliphatic rings. The lowest BCUT2D eigenvalue weighted by Crippen LogP contribution is -2.64. The summed E-state index contributed by atoms with van der Waals surface area (Å²) in [6.07, 6.45) is 2.64. The zero-order valence-electron chi connectivity index (χ0n) is 16.2. The summed E-state index contributed by atoms with van der Waals surface area (Å²) < 4.78 is 18.9. The molecule has 29 heavy (non-hydrogen) atoms. The molecule has 7 nitrogen and oxygen atoms in total. The van der Waals surface area contributed by atoms with Gasteiger partial charge in [0.2, 0.25) is 17.7 Å². The lowest BCUT2D eigenvalue weighted by Gasteiger charge is -2.40. The molecular weight excluding hydrogens is 397 g/mol. The molecule has 0 aromatic heterocycles. The Kier molecular flexibility index (Phi) is 5.78. The van der Waals surface area contributed by atoms with Gasteiger partial charge in [-0.2, -0.15) is 11.8 Å². The molecule has 3 heterocycles. The topological polar surface area (TPSA) is 79.0 Å². The summed E-state index contributed by atoms with van der Waals surface area (Å²) in [4.78, 5) is 41.3. The number of carbonyl (C=O) groups is 3. The average molecular weight is 421 g/mol. The van der Waals surface area contributed by atoms with Crippen molar-refractivity contribution >= 4 is 29.5 Å². The zero-order chi connectivity index (χ0) is 20.5. The normalized spacial score (nSPS) is 28.5. The van der Waals surface area contributed by atoms with Gasteiger partial charge in [-0.1, -0.05) is 12.1 Å². The Morgan fingerprint density at radius 2 is 2.00 bits per heavy atom. The Morgan fingerprint density at radius 1 is 1.24 bits per heavy atom. The Hall–Kier alpha value is -2.13. The largest absolute Gasteiger partial charge is 0.372 e. The fourth-order valence-electron chi connectivity index (χ4n) is 4.43. The van der Waals surface area contributed by atoms with Crippen LogP contribution in [0, 0.1) is 5.82 Å². The number of amides is 3. The summed E-state index contributed by atoms with van der Waals surface area (Å²) in [5.74, 6) is -0.272. The van der Waals surface area contributed by atoms with Crippen molar-refractivity contribution in [1.29, 1.82) is 0 Å². The summed E-state index contributed by atoms with van der Waals surface area (Å²) in [7, 11) is 0. The van der Waals surface area contributed by atoms with Crippen LogP contribution in [-0.2, 0) is 25.7 Å². The highest BCUT2D eigenvalue weighted by Gasteiger charge is 2.55. The Balaban J connectivity index is 1.40. The number of ether oxygens (including phenoxy) is 1. The van der Waals surface area contributed by atoms with E-state index >= 15 is 0 Å². The van der Waals surface area contributed by atoms with Crippen LogP contribution in [0.25, 0.3) is 0 Å². The first-order valence-corrected chi connectivity index (χ1v) is 11.1. The van der Waals surface area contributed by atoms with E-state index in [0.717, 1.165) is 5.56 Å². The Labute approximate surface area is 172 Å². The minimum Gasteiger partial charge on any atom is -0.372 e. The number of nitrogens with zero attached hydrogens (tertiary/aromatic N) is 2. The van der Waals surface area contributed by atoms with E-state index in [1.807, 2.05) is 6.26 Å². The third-order valence-corrected chi connectivity index (χ3v) is 6.34. The number of hydrogen-bond donors (Lipinski definition) is 1. The summed E-state index contributed by atoms with van der Waals surface area (Å²) in [5, 5.41) is 2.91. The van der Waals surface area contributed by atoms with Crippen molar-refractivity contribution < 1.29 is 23.5 Å². The lowest BCUT2D eigenvalue weighted by atomic mass is 10.0. The second-order valence-corrected chi connectivity index (χ2v) is 8.54. The fourth-order valence-corrected chi connectivity index (χ4v) is 4.77. The fraction of sp³-hybridized carbons (Fsp3) is 0.550. The summed E-state index contributed by atoms with van der Waals surface area (Å²) in [5.41, 5.74) is 0.839. The van der Waals surface area contributed by atoms with Crippen molar-refractivity contribution in [3.63, 3.8) is 0 Å². The van der Waals surface area contributed by atoms with E-state index in [2.05, 4.69) is 5.32 Å². The van der Waals surface area contributed by atoms with E-state index in [9.17, 15) is 18.8 Å². The highest BCUT2D eigenvalue weighted by molar-refractivity contribution is 7.99. The van der Waals surface area contributed by atoms with Crippen LogP contribution < -0.4 is 5.32 Å². The highest BCUT2D eigenvalue weighted by Crippen LogP contribution is 2.33. The van der Waals surface area contributed by atoms with Gasteiger partial charge in [-0.25, -0.2) is 4.39 Å². The van der Waals surface area contributed by atoms with Crippen LogP contribution in [0.5, 0.6) is 0 Å². The number of rotatable bonds is 6. The number of thioether (sulfide) groups is 1. The van der Waals surface area contributed by atoms with Crippen LogP contribution in [0.15, 0.2) is 24.3 Å². The third kappa shape index (κ3) is 3.98. The van der Waals surface area contributed by atoms with Crippen molar-refractivity contribution in [1.82, 2.24) is 15.1 Å². The first-order valence-electron chi connectivity index (χ1n) is 9.73. The molecule has 1 N–H and O–H groups in total. The van der Waals surface area contributed by atoms with E-state index in [0.29, 0.717) is 38.3 Å². The lowest BCUT2D eigenvalue weighted by molar-refractivity contribution is -0.157. The SMILES string of the molecule is CSCC(=O)NC1CCN2C(=O)C3CC(OCc4ccc(F)cc4)CN3C(=O)C12. The molecule has 3 saturated heterocycles. The van der Waals surface area contributed by atoms with E-state index in [4.69, 9.17) is 4.74 Å². The van der Waals surface area contributed by atoms with Gasteiger partial charge in [-0.15, -0.1) is 0 Å². The van der Waals surface area contributed by atoms with Gasteiger partial charge in [-0.05, 0) is 30.4 Å². The van der Waals surface area contributed by atoms with E-state index in [-0.39, 0.29) is 35.7 Å². The standard InChI is InChI=1S/C20H24FN3O4S/c1-29-11-17(25)22-15-6-7-23-18(15)20(27)24-9-14(8-16(24)19(23)26)28-10-12-2-4-13(21)5-3-12/h2-5,14-16,18H,6-11H2,1H3,(H,22,25). The van der Waals surface area contributed by atoms with Crippen LogP contribution in [0.3, 0.4) is 0 Å². The molecule has 0 saturated carbocycles. The minimum absolute atomic E-state index is 0.0657. The summed E-state index contributed by atoms with van der Waals surface area (Å²) >= 11 is 1.42. The first kappa shape index (κ1) is 20.2. The quantitative estimate of drug-likeness (QED) is 0.734. The molecule has 4 rings (SSSR count). The minimum atomic E-state index is -0.625. The molecule has 9 heteroatoms. The van der Waals surface area contributed by atoms with Crippen molar-refractivity contribution in [3.05, 3.63) is 35.6 Å². The number of benzene rings is 1. The number of carbonyl (C=O) groups excluding carboxylic acids is 3. The number of piperazine rings is 1. The maximum Gasteiger partial charge on any atom is 0.248 e. The van der Waals surface area contributed by atoms with Crippen molar-refractivity contribution in [2.45, 2.75) is 43.7 Å². The molecule has 0 spiro atoms. The summed E-state index contributed by atoms with van der Waals surface area (Å²) in [6.45, 7) is 1.13. The van der Waals surface area contributed by atoms with Gasteiger partial charge in [-0.3, -0.25) is 14.4 Å². The van der Waals surface area contributed by atoms with Crippen LogP contribution in [-0.4, -0.2) is 76.8 Å². The monoisotopic (exact) mass is 421 g/mol. The van der Waals surface area contributed by atoms with Crippen LogP contribution in [0.2, 0.25) is 0 Å². The molecule has 0 radical (unpaired) electrons. The van der Waals surface area contributed by atoms with Crippen LogP contribution in [0.4, 0.5) is 4.39 Å². The third-order valence-electron chi connectivity index (χ3n) is 5.79. The number of hydrogen-bond acceptors (Lipinski definition) is 5. The van der Waals surface area contributed by atoms with E-state index < -0.39 is 12.1 Å². The van der Waals surface area contributed by atoms with Gasteiger partial charge in [0.1, 0.15) is 17.9 Å². The molecule has 0 aliphatic carbocycles. The van der Waals surface area contributed by atoms with Crippen molar-refractivity contribution in [2.75, 3.05) is 25.1 Å². The number of fused-ring (bicyclic) bond motifs is 2. The number of halogens is 1. The van der Waals surface area contributed by atoms with Crippen LogP contribution in [0.1, 0.15) is 18.4 Å². The van der Waals surface area contributed by atoms with Gasteiger partial charge in [0.05, 0.1) is 24.5 Å².